The summed E-state index contributed by atoms with van der Waals surface area (Å²) in [7, 11) is 0. The minimum absolute atomic E-state index is 0.0351. The molecule has 0 spiro atoms. The lowest BCUT2D eigenvalue weighted by molar-refractivity contribution is -0.425. The number of hydrogen-bond donors (Lipinski definition) is 0. The Morgan fingerprint density at radius 3 is 1.62 bits per heavy atom. The zero-order valence-electron chi connectivity index (χ0n) is 6.88. The van der Waals surface area contributed by atoms with Gasteiger partial charge in [-0.2, -0.15) is 26.3 Å². The highest BCUT2D eigenvalue weighted by Crippen LogP contribution is 2.40. The van der Waals surface area contributed by atoms with E-state index in [0.717, 1.165) is 6.92 Å². The van der Waals surface area contributed by atoms with Crippen LogP contribution >= 0.6 is 0 Å². The van der Waals surface area contributed by atoms with Crippen molar-refractivity contribution in [2.24, 2.45) is 0 Å². The third-order valence-corrected chi connectivity index (χ3v) is 1.18. The zero-order chi connectivity index (χ0) is 10.9. The van der Waals surface area contributed by atoms with Gasteiger partial charge in [0.25, 0.3) is 0 Å². The van der Waals surface area contributed by atoms with Crippen molar-refractivity contribution in [2.75, 3.05) is 0 Å². The summed E-state index contributed by atoms with van der Waals surface area (Å²) in [5.74, 6) is -4.59. The van der Waals surface area contributed by atoms with Gasteiger partial charge in [0.05, 0.1) is 0 Å². The summed E-state index contributed by atoms with van der Waals surface area (Å²) in [5.41, 5.74) is 0. The Kier molecular flexibility index (Phi) is 3.24. The first kappa shape index (κ1) is 12.5. The molecule has 0 saturated carbocycles. The van der Waals surface area contributed by atoms with Crippen molar-refractivity contribution >= 4 is 0 Å². The second-order valence-corrected chi connectivity index (χ2v) is 2.48. The van der Waals surface area contributed by atoms with Gasteiger partial charge < -0.3 is 0 Å². The molecule has 0 radical (unpaired) electrons. The number of ether oxygens (including phenoxy) is 1. The average molecular weight is 210 g/mol. The molecular formula is C6H8F6O. The fraction of sp³-hybridized carbons (Fsp3) is 1.00. The predicted octanol–water partition coefficient (Wildman–Crippen LogP) is 3.25. The van der Waals surface area contributed by atoms with Gasteiger partial charge in [-0.25, -0.2) is 0 Å². The molecule has 0 N–H and O–H groups in total. The standard InChI is InChI=1S/C6H8F6O/c1-3-5(9,10)6(11,12)13-4(2,7)8/h3H2,1-2H3. The molecule has 1 nitrogen and oxygen atoms in total. The smallest absolute Gasteiger partial charge is 0.251 e. The van der Waals surface area contributed by atoms with E-state index in [4.69, 9.17) is 0 Å². The van der Waals surface area contributed by atoms with Gasteiger partial charge in [0.2, 0.25) is 0 Å². The Bertz CT molecular complexity index is 172. The van der Waals surface area contributed by atoms with E-state index in [1.165, 1.54) is 0 Å². The molecule has 80 valence electrons. The van der Waals surface area contributed by atoms with Gasteiger partial charge >= 0.3 is 18.1 Å². The van der Waals surface area contributed by atoms with Crippen LogP contribution in [-0.2, 0) is 4.74 Å². The van der Waals surface area contributed by atoms with Crippen LogP contribution in [0.2, 0.25) is 0 Å². The Hall–Kier alpha value is -0.460. The number of halogens is 6. The van der Waals surface area contributed by atoms with Crippen LogP contribution < -0.4 is 0 Å². The second kappa shape index (κ2) is 3.36. The molecule has 0 saturated heterocycles. The molecule has 0 aliphatic rings. The monoisotopic (exact) mass is 210 g/mol. The van der Waals surface area contributed by atoms with Gasteiger partial charge in [-0.1, -0.05) is 6.92 Å². The van der Waals surface area contributed by atoms with Crippen LogP contribution in [-0.4, -0.2) is 18.1 Å². The Morgan fingerprint density at radius 2 is 1.38 bits per heavy atom. The Balaban J connectivity index is 4.58. The summed E-state index contributed by atoms with van der Waals surface area (Å²) in [6, 6.07) is 0. The van der Waals surface area contributed by atoms with E-state index in [0.29, 0.717) is 0 Å². The van der Waals surface area contributed by atoms with Crippen LogP contribution in [0.4, 0.5) is 26.3 Å². The molecule has 0 aromatic rings. The van der Waals surface area contributed by atoms with E-state index in [1.54, 1.807) is 0 Å². The van der Waals surface area contributed by atoms with Crippen molar-refractivity contribution in [2.45, 2.75) is 38.4 Å². The minimum atomic E-state index is -5.15. The van der Waals surface area contributed by atoms with Gasteiger partial charge in [-0.05, 0) is 0 Å². The first-order valence-electron chi connectivity index (χ1n) is 3.35. The number of rotatable bonds is 4. The normalized spacial score (nSPS) is 14.8. The van der Waals surface area contributed by atoms with Crippen molar-refractivity contribution < 1.29 is 31.1 Å². The van der Waals surface area contributed by atoms with E-state index in [2.05, 4.69) is 4.74 Å². The molecule has 13 heavy (non-hydrogen) atoms. The second-order valence-electron chi connectivity index (χ2n) is 2.48. The van der Waals surface area contributed by atoms with Gasteiger partial charge in [0, 0.05) is 13.3 Å². The molecule has 0 aromatic carbocycles. The van der Waals surface area contributed by atoms with Crippen molar-refractivity contribution in [3.05, 3.63) is 0 Å². The topological polar surface area (TPSA) is 9.23 Å². The lowest BCUT2D eigenvalue weighted by Gasteiger charge is -2.27. The molecule has 7 heteroatoms. The van der Waals surface area contributed by atoms with Gasteiger partial charge in [0.15, 0.2) is 0 Å². The van der Waals surface area contributed by atoms with Crippen LogP contribution in [0.1, 0.15) is 20.3 Å². The Morgan fingerprint density at radius 1 is 1.00 bits per heavy atom. The highest BCUT2D eigenvalue weighted by molar-refractivity contribution is 4.75. The van der Waals surface area contributed by atoms with Crippen molar-refractivity contribution in [3.8, 4) is 0 Å². The summed E-state index contributed by atoms with van der Waals surface area (Å²) in [6.07, 6.45) is -10.7. The lowest BCUT2D eigenvalue weighted by Crippen LogP contribution is -2.46. The van der Waals surface area contributed by atoms with Crippen LogP contribution in [0.15, 0.2) is 0 Å². The number of hydrogen-bond acceptors (Lipinski definition) is 1. The van der Waals surface area contributed by atoms with Crippen molar-refractivity contribution in [1.29, 1.82) is 0 Å². The highest BCUT2D eigenvalue weighted by Gasteiger charge is 2.60. The van der Waals surface area contributed by atoms with Gasteiger partial charge in [-0.3, -0.25) is 4.74 Å². The van der Waals surface area contributed by atoms with Crippen molar-refractivity contribution in [1.82, 2.24) is 0 Å². The summed E-state index contributed by atoms with van der Waals surface area (Å²) in [4.78, 5) is 0. The zero-order valence-corrected chi connectivity index (χ0v) is 6.88. The first-order valence-corrected chi connectivity index (χ1v) is 3.35. The fourth-order valence-electron chi connectivity index (χ4n) is 0.506. The van der Waals surface area contributed by atoms with Crippen LogP contribution in [0.5, 0.6) is 0 Å². The molecule has 0 unspecified atom stereocenters. The maximum absolute atomic E-state index is 12.3. The quantitative estimate of drug-likeness (QED) is 0.647. The molecule has 0 atom stereocenters. The molecule has 0 bridgehead atoms. The van der Waals surface area contributed by atoms with E-state index in [1.807, 2.05) is 0 Å². The average Bonchev–Trinajstić information content (AvgIpc) is 1.81. The molecule has 0 aliphatic carbocycles. The maximum Gasteiger partial charge on any atom is 0.423 e. The molecule has 0 aromatic heterocycles. The van der Waals surface area contributed by atoms with E-state index >= 15 is 0 Å². The van der Waals surface area contributed by atoms with Crippen LogP contribution in [0, 0.1) is 0 Å². The fourth-order valence-corrected chi connectivity index (χ4v) is 0.506. The van der Waals surface area contributed by atoms with Gasteiger partial charge in [-0.15, -0.1) is 0 Å². The predicted molar refractivity (Wildman–Crippen MR) is 31.9 cm³/mol. The number of alkyl halides is 6. The summed E-state index contributed by atoms with van der Waals surface area (Å²) >= 11 is 0. The molecule has 0 aliphatic heterocycles. The van der Waals surface area contributed by atoms with E-state index < -0.39 is 24.6 Å². The molecule has 0 fully saturated rings. The minimum Gasteiger partial charge on any atom is -0.251 e. The maximum atomic E-state index is 12.3. The van der Waals surface area contributed by atoms with E-state index in [-0.39, 0.29) is 6.92 Å². The van der Waals surface area contributed by atoms with Gasteiger partial charge in [0.1, 0.15) is 0 Å². The third-order valence-electron chi connectivity index (χ3n) is 1.18. The summed E-state index contributed by atoms with van der Waals surface area (Å²) in [5, 5.41) is 0. The molecule has 0 heterocycles. The highest BCUT2D eigenvalue weighted by atomic mass is 19.3. The molecular weight excluding hydrogens is 202 g/mol. The summed E-state index contributed by atoms with van der Waals surface area (Å²) in [6.45, 7) is 0.706. The third kappa shape index (κ3) is 3.41. The first-order chi connectivity index (χ1) is 5.52. The molecule has 0 rings (SSSR count). The van der Waals surface area contributed by atoms with Crippen molar-refractivity contribution in [3.63, 3.8) is 0 Å². The largest absolute Gasteiger partial charge is 0.423 e. The summed E-state index contributed by atoms with van der Waals surface area (Å²) < 4.78 is 75.4. The molecule has 0 amide bonds. The lowest BCUT2D eigenvalue weighted by atomic mass is 10.2. The van der Waals surface area contributed by atoms with Crippen LogP contribution in [0.3, 0.4) is 0 Å². The Labute approximate surface area is 70.7 Å². The van der Waals surface area contributed by atoms with Crippen LogP contribution in [0.25, 0.3) is 0 Å². The SMILES string of the molecule is CCC(F)(F)C(F)(F)OC(C)(F)F. The van der Waals surface area contributed by atoms with E-state index in [9.17, 15) is 26.3 Å².